The second kappa shape index (κ2) is 11.4. The largest absolute Gasteiger partial charge is 0.464 e. The molecule has 0 aromatic carbocycles. The standard InChI is InChI=1S/C16H24N4O3S/c1-4-8-17-16(12-20(21)22)18-9-10-24-13-15-7-6-14(23-15)11-19(3)5-2/h1,6-7,12,17-18H,5,8-11,13H2,2-3H3/b16-12-. The maximum Gasteiger partial charge on any atom is 0.274 e. The Kier molecular flexibility index (Phi) is 9.49. The Balaban J connectivity index is 2.27. The lowest BCUT2D eigenvalue weighted by molar-refractivity contribution is -0.404. The third kappa shape index (κ3) is 8.50. The van der Waals surface area contributed by atoms with Crippen LogP contribution < -0.4 is 10.6 Å². The van der Waals surface area contributed by atoms with Crippen LogP contribution in [-0.2, 0) is 12.3 Å². The van der Waals surface area contributed by atoms with Crippen molar-refractivity contribution < 1.29 is 9.34 Å². The number of nitro groups is 1. The van der Waals surface area contributed by atoms with Crippen molar-refractivity contribution in [2.75, 3.05) is 32.4 Å². The van der Waals surface area contributed by atoms with Gasteiger partial charge >= 0.3 is 0 Å². The summed E-state index contributed by atoms with van der Waals surface area (Å²) in [7, 11) is 2.05. The monoisotopic (exact) mass is 352 g/mol. The molecule has 0 bridgehead atoms. The van der Waals surface area contributed by atoms with Gasteiger partial charge in [-0.25, -0.2) is 0 Å². The molecule has 0 amide bonds. The molecule has 0 fully saturated rings. The van der Waals surface area contributed by atoms with Crippen molar-refractivity contribution in [1.29, 1.82) is 0 Å². The molecule has 2 N–H and O–H groups in total. The second-order valence-electron chi connectivity index (χ2n) is 5.06. The average molecular weight is 352 g/mol. The normalized spacial score (nSPS) is 11.3. The number of rotatable bonds is 12. The van der Waals surface area contributed by atoms with Gasteiger partial charge in [0.05, 0.1) is 23.8 Å². The minimum Gasteiger partial charge on any atom is -0.464 e. The summed E-state index contributed by atoms with van der Waals surface area (Å²) in [4.78, 5) is 12.2. The Bertz CT molecular complexity index is 580. The highest BCUT2D eigenvalue weighted by Gasteiger charge is 2.05. The fraction of sp³-hybridized carbons (Fsp3) is 0.500. The van der Waals surface area contributed by atoms with Gasteiger partial charge in [-0.05, 0) is 25.7 Å². The van der Waals surface area contributed by atoms with Gasteiger partial charge in [0.2, 0.25) is 0 Å². The Morgan fingerprint density at radius 1 is 1.50 bits per heavy atom. The van der Waals surface area contributed by atoms with Gasteiger partial charge in [0.15, 0.2) is 5.82 Å². The average Bonchev–Trinajstić information content (AvgIpc) is 2.98. The summed E-state index contributed by atoms with van der Waals surface area (Å²) in [5, 5.41) is 16.3. The smallest absolute Gasteiger partial charge is 0.274 e. The van der Waals surface area contributed by atoms with Crippen molar-refractivity contribution in [3.8, 4) is 12.3 Å². The zero-order chi connectivity index (χ0) is 17.8. The first-order valence-corrected chi connectivity index (χ1v) is 8.81. The highest BCUT2D eigenvalue weighted by molar-refractivity contribution is 7.98. The summed E-state index contributed by atoms with van der Waals surface area (Å²) in [5.41, 5.74) is 0. The zero-order valence-electron chi connectivity index (χ0n) is 14.1. The highest BCUT2D eigenvalue weighted by atomic mass is 32.2. The lowest BCUT2D eigenvalue weighted by Crippen LogP contribution is -2.29. The molecule has 0 aliphatic rings. The van der Waals surface area contributed by atoms with E-state index in [4.69, 9.17) is 10.8 Å². The minimum absolute atomic E-state index is 0.237. The van der Waals surface area contributed by atoms with Gasteiger partial charge in [-0.2, -0.15) is 11.8 Å². The fourth-order valence-electron chi connectivity index (χ4n) is 1.80. The summed E-state index contributed by atoms with van der Waals surface area (Å²) in [5.74, 6) is 6.15. The molecule has 1 aromatic heterocycles. The van der Waals surface area contributed by atoms with Crippen LogP contribution in [0.1, 0.15) is 18.4 Å². The van der Waals surface area contributed by atoms with Crippen LogP contribution in [0.3, 0.4) is 0 Å². The van der Waals surface area contributed by atoms with Gasteiger partial charge < -0.3 is 15.1 Å². The molecule has 7 nitrogen and oxygen atoms in total. The van der Waals surface area contributed by atoms with E-state index in [1.807, 2.05) is 19.2 Å². The van der Waals surface area contributed by atoms with Crippen molar-refractivity contribution >= 4 is 11.8 Å². The summed E-state index contributed by atoms with van der Waals surface area (Å²) < 4.78 is 5.77. The molecule has 1 aromatic rings. The van der Waals surface area contributed by atoms with Crippen LogP contribution in [0, 0.1) is 22.5 Å². The molecule has 0 spiro atoms. The van der Waals surface area contributed by atoms with E-state index >= 15 is 0 Å². The van der Waals surface area contributed by atoms with E-state index in [0.717, 1.165) is 42.3 Å². The van der Waals surface area contributed by atoms with Crippen molar-refractivity contribution in [3.63, 3.8) is 0 Å². The van der Waals surface area contributed by atoms with Crippen molar-refractivity contribution in [2.24, 2.45) is 0 Å². The third-order valence-electron chi connectivity index (χ3n) is 3.10. The molecular formula is C16H24N4O3S. The predicted octanol–water partition coefficient (Wildman–Crippen LogP) is 1.85. The van der Waals surface area contributed by atoms with E-state index in [9.17, 15) is 10.1 Å². The van der Waals surface area contributed by atoms with Crippen LogP contribution in [-0.4, -0.2) is 42.3 Å². The number of furan rings is 1. The number of terminal acetylenes is 1. The van der Waals surface area contributed by atoms with Gasteiger partial charge in [-0.15, -0.1) is 6.42 Å². The fourth-order valence-corrected chi connectivity index (χ4v) is 2.55. The number of nitrogens with zero attached hydrogens (tertiary/aromatic N) is 2. The quantitative estimate of drug-likeness (QED) is 0.257. The number of thioether (sulfide) groups is 1. The van der Waals surface area contributed by atoms with Gasteiger partial charge in [-0.3, -0.25) is 15.0 Å². The molecule has 0 saturated carbocycles. The van der Waals surface area contributed by atoms with Gasteiger partial charge in [0, 0.05) is 12.3 Å². The molecular weight excluding hydrogens is 328 g/mol. The first-order valence-electron chi connectivity index (χ1n) is 7.65. The second-order valence-corrected chi connectivity index (χ2v) is 6.17. The van der Waals surface area contributed by atoms with Crippen molar-refractivity contribution in [1.82, 2.24) is 15.5 Å². The summed E-state index contributed by atoms with van der Waals surface area (Å²) in [6.45, 7) is 4.71. The van der Waals surface area contributed by atoms with E-state index in [1.165, 1.54) is 0 Å². The summed E-state index contributed by atoms with van der Waals surface area (Å²) in [6.07, 6.45) is 6.01. The van der Waals surface area contributed by atoms with Crippen LogP contribution in [0.4, 0.5) is 0 Å². The maximum atomic E-state index is 10.5. The van der Waals surface area contributed by atoms with E-state index in [2.05, 4.69) is 28.4 Å². The molecule has 0 aliphatic heterocycles. The molecule has 0 aliphatic carbocycles. The Hall–Kier alpha value is -2.11. The van der Waals surface area contributed by atoms with Gasteiger partial charge in [0.1, 0.15) is 11.5 Å². The Morgan fingerprint density at radius 2 is 2.25 bits per heavy atom. The summed E-state index contributed by atoms with van der Waals surface area (Å²) in [6, 6.07) is 3.99. The Labute approximate surface area is 147 Å². The molecule has 1 rings (SSSR count). The van der Waals surface area contributed by atoms with E-state index in [-0.39, 0.29) is 6.54 Å². The maximum absolute atomic E-state index is 10.5. The minimum atomic E-state index is -0.517. The lowest BCUT2D eigenvalue weighted by Gasteiger charge is -2.11. The van der Waals surface area contributed by atoms with Crippen molar-refractivity contribution in [2.45, 2.75) is 19.2 Å². The van der Waals surface area contributed by atoms with Crippen molar-refractivity contribution in [3.05, 3.63) is 45.8 Å². The van der Waals surface area contributed by atoms with Crippen LogP contribution in [0.25, 0.3) is 0 Å². The Morgan fingerprint density at radius 3 is 2.92 bits per heavy atom. The molecule has 0 saturated heterocycles. The molecule has 24 heavy (non-hydrogen) atoms. The van der Waals surface area contributed by atoms with E-state index in [0.29, 0.717) is 12.4 Å². The van der Waals surface area contributed by atoms with Crippen LogP contribution in [0.2, 0.25) is 0 Å². The summed E-state index contributed by atoms with van der Waals surface area (Å²) >= 11 is 1.69. The first-order chi connectivity index (χ1) is 11.5. The molecule has 0 unspecified atom stereocenters. The molecule has 1 heterocycles. The molecule has 132 valence electrons. The predicted molar refractivity (Wildman–Crippen MR) is 96.8 cm³/mol. The van der Waals surface area contributed by atoms with E-state index in [1.54, 1.807) is 11.8 Å². The molecule has 0 radical (unpaired) electrons. The van der Waals surface area contributed by atoms with Gasteiger partial charge in [-0.1, -0.05) is 12.8 Å². The lowest BCUT2D eigenvalue weighted by atomic mass is 10.4. The zero-order valence-corrected chi connectivity index (χ0v) is 14.9. The van der Waals surface area contributed by atoms with Gasteiger partial charge in [0.25, 0.3) is 6.20 Å². The highest BCUT2D eigenvalue weighted by Crippen LogP contribution is 2.16. The van der Waals surface area contributed by atoms with Crippen LogP contribution >= 0.6 is 11.8 Å². The number of hydrogen-bond donors (Lipinski definition) is 2. The topological polar surface area (TPSA) is 83.6 Å². The molecule has 0 atom stereocenters. The van der Waals surface area contributed by atoms with Crippen LogP contribution in [0.5, 0.6) is 0 Å². The third-order valence-corrected chi connectivity index (χ3v) is 4.09. The van der Waals surface area contributed by atoms with Crippen LogP contribution in [0.15, 0.2) is 28.6 Å². The molecule has 8 heteroatoms. The SMILES string of the molecule is C#CCN/C(=C/[N+](=O)[O-])NCCSCc1ccc(CN(C)CC)o1. The van der Waals surface area contributed by atoms with E-state index < -0.39 is 4.92 Å². The number of nitrogens with one attached hydrogen (secondary N) is 2. The first kappa shape index (κ1) is 19.9. The number of hydrogen-bond acceptors (Lipinski definition) is 7.